The monoisotopic (exact) mass is 1870 g/mol. The van der Waals surface area contributed by atoms with Crippen molar-refractivity contribution < 1.29 is 96.7 Å². The minimum atomic E-state index is -1.27. The third kappa shape index (κ3) is 33.2. The van der Waals surface area contributed by atoms with Gasteiger partial charge in [-0.05, 0) is 205 Å². The Morgan fingerprint density at radius 2 is 0.772 bits per heavy atom. The van der Waals surface area contributed by atoms with Gasteiger partial charge in [-0.3, -0.25) is 63.9 Å². The highest BCUT2D eigenvalue weighted by Crippen LogP contribution is 2.33. The first-order valence-corrected chi connectivity index (χ1v) is 43.9. The van der Waals surface area contributed by atoms with Gasteiger partial charge >= 0.3 is 36.2 Å². The van der Waals surface area contributed by atoms with Gasteiger partial charge in [0.1, 0.15) is 34.7 Å². The lowest BCUT2D eigenvalue weighted by Gasteiger charge is -2.36. The van der Waals surface area contributed by atoms with Gasteiger partial charge in [0.2, 0.25) is 17.7 Å². The molecule has 0 saturated heterocycles. The fraction of sp³-hybridized carbons (Fsp3) is 0.412. The molecule has 730 valence electrons. The predicted molar refractivity (Wildman–Crippen MR) is 522 cm³/mol. The SMILES string of the molecule is CC(C)(C)OC(=O)N/C(=C\c1c[nH]c2ccccc12)C(=O)CC(C)(C)C(=O)O.CC(C)(C)OC(=O)N/C(=C\c1c[nH]c2ccccc12)C(=O)CC(C)(C)C(=O)O.CC(C)(C=O)CC(=O)/C(=C/c1c[nH]c2ccccc12)NC(=O)OC(C)(C)C.CC(C)(CC(=O)[C@H](N)Cc1cn(C(C)(C)C)c2ccccc12)C(=O)O.CNC(=O)C(C)(C)N(C)C(=O)[C@@H](Cc1c[nH]c2ccccc12)NC(C)=O.N#N. The number of aromatic amines is 4. The number of ether oxygens (including phenoxy) is 3. The molecular formula is C102H132N14O20. The number of aldehydes is 1. The number of amides is 6. The molecule has 5 aromatic heterocycles. The minimum Gasteiger partial charge on any atom is -0.481 e. The summed E-state index contributed by atoms with van der Waals surface area (Å²) in [6, 6.07) is 37.0. The van der Waals surface area contributed by atoms with Crippen LogP contribution in [0.1, 0.15) is 213 Å². The molecule has 5 aromatic carbocycles. The number of ketones is 4. The lowest BCUT2D eigenvalue weighted by molar-refractivity contribution is -0.149. The van der Waals surface area contributed by atoms with E-state index in [9.17, 15) is 82.4 Å². The van der Waals surface area contributed by atoms with E-state index < -0.39 is 104 Å². The zero-order valence-corrected chi connectivity index (χ0v) is 82.3. The highest BCUT2D eigenvalue weighted by Gasteiger charge is 2.40. The van der Waals surface area contributed by atoms with Crippen molar-refractivity contribution in [1.29, 1.82) is 10.8 Å². The molecule has 14 N–H and O–H groups in total. The minimum absolute atomic E-state index is 0.0201. The first-order valence-electron chi connectivity index (χ1n) is 43.9. The maximum atomic E-state index is 13.0. The molecule has 6 amide bonds. The fourth-order valence-corrected chi connectivity index (χ4v) is 13.5. The summed E-state index contributed by atoms with van der Waals surface area (Å²) in [7, 11) is 3.10. The van der Waals surface area contributed by atoms with Crippen molar-refractivity contribution in [3.05, 3.63) is 197 Å². The van der Waals surface area contributed by atoms with E-state index in [1.807, 2.05) is 121 Å². The van der Waals surface area contributed by atoms with Gasteiger partial charge in [0.15, 0.2) is 23.1 Å². The molecule has 0 radical (unpaired) electrons. The molecule has 34 heteroatoms. The molecule has 0 aliphatic carbocycles. The van der Waals surface area contributed by atoms with Crippen LogP contribution in [0.15, 0.2) is 169 Å². The first-order chi connectivity index (χ1) is 62.9. The van der Waals surface area contributed by atoms with Crippen LogP contribution in [0.2, 0.25) is 0 Å². The second-order valence-electron chi connectivity index (χ2n) is 39.9. The molecule has 0 saturated carbocycles. The van der Waals surface area contributed by atoms with Gasteiger partial charge in [0.25, 0.3) is 0 Å². The Morgan fingerprint density at radius 1 is 0.449 bits per heavy atom. The number of nitrogens with two attached hydrogens (primary N) is 1. The van der Waals surface area contributed by atoms with Crippen LogP contribution in [0, 0.1) is 32.4 Å². The average molecular weight is 1870 g/mol. The lowest BCUT2D eigenvalue weighted by atomic mass is 9.85. The van der Waals surface area contributed by atoms with Gasteiger partial charge in [-0.25, -0.2) is 14.4 Å². The standard InChI is InChI=1S/2C21H26N2O5.C21H26N2O4.C20H28N2O3.C19H26N4O3.N2/c2*1-20(2,3)28-19(27)23-16(17(24)11-21(4,5)18(25)26)10-13-12-22-15-9-7-6-8-14(13)15;1-20(2,3)27-19(26)23-17(18(25)11-21(4,5)13-24)10-14-12-22-16-9-7-6-8-15(14)16;1-19(2,3)22-12-13(14-8-6-7-9-16(14)22)10-15(21)17(23)11-20(4,5)18(24)25;1-12(24)22-16(17(25)23(5)19(2,3)18(26)20-4)10-13-11-21-15-9-7-6-8-14(13)15;1-2/h2*6-10,12,22H,11H2,1-5H3,(H,23,27)(H,25,26);6-10,12-13,22H,11H2,1-5H3,(H,23,26);6-9,12,15H,10-11,21H2,1-5H3,(H,24,25);6-9,11,16,21H,10H2,1-5H3,(H,20,26)(H,22,24);/b2*16-10-;17-10-;;;/t;;;15-;16-;/m...11./s1. The summed E-state index contributed by atoms with van der Waals surface area (Å²) in [5.74, 6) is -5.63. The van der Waals surface area contributed by atoms with Gasteiger partial charge in [-0.15, -0.1) is 0 Å². The Labute approximate surface area is 791 Å². The Balaban J connectivity index is 0.000000299. The number of carboxylic acids is 3. The second-order valence-corrected chi connectivity index (χ2v) is 39.9. The van der Waals surface area contributed by atoms with Gasteiger partial charge in [0, 0.05) is 177 Å². The van der Waals surface area contributed by atoms with Crippen LogP contribution in [0.4, 0.5) is 14.4 Å². The number of rotatable bonds is 30. The second kappa shape index (κ2) is 46.8. The zero-order valence-electron chi connectivity index (χ0n) is 82.3. The summed E-state index contributed by atoms with van der Waals surface area (Å²) in [6.07, 6.45) is 12.3. The molecule has 10 aromatic rings. The molecule has 0 bridgehead atoms. The zero-order chi connectivity index (χ0) is 103. The molecule has 0 unspecified atom stereocenters. The van der Waals surface area contributed by atoms with Crippen LogP contribution in [0.3, 0.4) is 0 Å². The van der Waals surface area contributed by atoms with Crippen molar-refractivity contribution >= 4 is 156 Å². The number of carboxylic acid groups (broad SMARTS) is 3. The topological polar surface area (TPSA) is 532 Å². The van der Waals surface area contributed by atoms with Gasteiger partial charge in [-0.1, -0.05) is 105 Å². The Bertz CT molecular complexity index is 5970. The van der Waals surface area contributed by atoms with Crippen LogP contribution in [0.5, 0.6) is 0 Å². The number of fused-ring (bicyclic) bond motifs is 5. The summed E-state index contributed by atoms with van der Waals surface area (Å²) >= 11 is 0. The summed E-state index contributed by atoms with van der Waals surface area (Å²) < 4.78 is 17.9. The van der Waals surface area contributed by atoms with Crippen LogP contribution in [0.25, 0.3) is 72.7 Å². The number of aliphatic carboxylic acids is 3. The summed E-state index contributed by atoms with van der Waals surface area (Å²) in [6.45, 7) is 38.9. The number of carbonyl (C=O) groups is 14. The van der Waals surface area contributed by atoms with E-state index in [0.717, 1.165) is 77.5 Å². The van der Waals surface area contributed by atoms with E-state index in [1.165, 1.54) is 58.7 Å². The van der Waals surface area contributed by atoms with Crippen molar-refractivity contribution in [2.24, 2.45) is 27.4 Å². The number of alkyl carbamates (subject to hydrolysis) is 3. The normalized spacial score (nSPS) is 12.7. The van der Waals surface area contributed by atoms with Crippen LogP contribution in [-0.2, 0) is 85.3 Å². The Morgan fingerprint density at radius 3 is 1.11 bits per heavy atom. The molecule has 5 heterocycles. The van der Waals surface area contributed by atoms with Gasteiger partial charge in [-0.2, -0.15) is 0 Å². The highest BCUT2D eigenvalue weighted by molar-refractivity contribution is 6.08. The van der Waals surface area contributed by atoms with Crippen molar-refractivity contribution in [2.45, 2.75) is 238 Å². The predicted octanol–water partition coefficient (Wildman–Crippen LogP) is 17.0. The van der Waals surface area contributed by atoms with E-state index in [4.69, 9.17) is 30.7 Å². The number of benzene rings is 5. The van der Waals surface area contributed by atoms with Crippen molar-refractivity contribution in [2.75, 3.05) is 14.1 Å². The number of para-hydroxylation sites is 5. The van der Waals surface area contributed by atoms with E-state index in [-0.39, 0.29) is 77.6 Å². The largest absolute Gasteiger partial charge is 0.481 e. The number of Topliss-reactive ketones (excluding diaryl/α,β-unsaturated/α-hetero) is 4. The summed E-state index contributed by atoms with van der Waals surface area (Å²) in [5, 5.41) is 57.4. The molecular weight excluding hydrogens is 1740 g/mol. The number of hydrogen-bond acceptors (Lipinski definition) is 20. The molecule has 2 atom stereocenters. The van der Waals surface area contributed by atoms with Gasteiger partial charge in [0.05, 0.1) is 39.4 Å². The van der Waals surface area contributed by atoms with E-state index in [0.29, 0.717) is 24.0 Å². The molecule has 34 nitrogen and oxygen atoms in total. The molecule has 10 rings (SSSR count). The summed E-state index contributed by atoms with van der Waals surface area (Å²) in [4.78, 5) is 183. The van der Waals surface area contributed by atoms with E-state index >= 15 is 0 Å². The molecule has 0 aliphatic heterocycles. The number of carbonyl (C=O) groups excluding carboxylic acids is 11. The number of hydrogen-bond donors (Lipinski definition) is 13. The molecule has 0 spiro atoms. The maximum absolute atomic E-state index is 13.0. The van der Waals surface area contributed by atoms with Crippen LogP contribution in [-0.4, -0.2) is 177 Å². The Kier molecular flexibility index (Phi) is 38.5. The fourth-order valence-electron chi connectivity index (χ4n) is 13.5. The first kappa shape index (κ1) is 112. The lowest BCUT2D eigenvalue weighted by Crippen LogP contribution is -2.59. The summed E-state index contributed by atoms with van der Waals surface area (Å²) in [5.41, 5.74) is 7.24. The highest BCUT2D eigenvalue weighted by atomic mass is 16.6. The number of likely N-dealkylation sites (N-methyl/N-ethyl adjacent to an activating group) is 2. The quantitative estimate of drug-likeness (QED) is 0.00860. The van der Waals surface area contributed by atoms with Crippen molar-refractivity contribution in [3.63, 3.8) is 0 Å². The molecule has 0 fully saturated rings. The number of aromatic nitrogens is 5. The third-order valence-electron chi connectivity index (χ3n) is 21.2. The maximum Gasteiger partial charge on any atom is 0.412 e. The number of nitrogens with one attached hydrogen (secondary N) is 9. The Hall–Kier alpha value is -14.6. The number of H-pyrrole nitrogens is 4. The molecule has 136 heavy (non-hydrogen) atoms. The van der Waals surface area contributed by atoms with E-state index in [1.54, 1.807) is 136 Å². The third-order valence-corrected chi connectivity index (χ3v) is 21.2. The average Bonchev–Trinajstić information content (AvgIpc) is 1.62. The van der Waals surface area contributed by atoms with Crippen molar-refractivity contribution in [3.8, 4) is 0 Å². The van der Waals surface area contributed by atoms with E-state index in [2.05, 4.69) is 84.1 Å². The van der Waals surface area contributed by atoms with Crippen LogP contribution < -0.4 is 32.3 Å². The van der Waals surface area contributed by atoms with Crippen molar-refractivity contribution in [1.82, 2.24) is 56.0 Å². The van der Waals surface area contributed by atoms with Crippen LogP contribution >= 0.6 is 0 Å². The van der Waals surface area contributed by atoms with Gasteiger partial charge < -0.3 is 80.1 Å². The number of allylic oxidation sites excluding steroid dienone is 3. The number of nitrogens with zero attached hydrogens (tertiary/aromatic N) is 4. The molecule has 0 aliphatic rings. The smallest absolute Gasteiger partial charge is 0.412 e.